The summed E-state index contributed by atoms with van der Waals surface area (Å²) in [6.45, 7) is 2.53. The molecule has 4 heteroatoms. The largest absolute Gasteiger partial charge is 0.426 e. The molecule has 1 aromatic carbocycles. The first-order chi connectivity index (χ1) is 9.70. The van der Waals surface area contributed by atoms with Crippen LogP contribution in [0, 0.1) is 5.92 Å². The Labute approximate surface area is 118 Å². The highest BCUT2D eigenvalue weighted by Crippen LogP contribution is 2.36. The van der Waals surface area contributed by atoms with Crippen molar-refractivity contribution in [1.82, 2.24) is 0 Å². The SMILES string of the molecule is CCO[C@H]1C[C@@H]1C(=O)Oc1cccc2c1CCCC2=O. The molecule has 20 heavy (non-hydrogen) atoms. The number of Topliss-reactive ketones (excluding diaryl/α,β-unsaturated/α-hetero) is 1. The molecule has 2 atom stereocenters. The fourth-order valence-electron chi connectivity index (χ4n) is 2.74. The number of carbonyl (C=O) groups is 2. The number of benzene rings is 1. The van der Waals surface area contributed by atoms with Gasteiger partial charge in [-0.25, -0.2) is 0 Å². The lowest BCUT2D eigenvalue weighted by atomic mass is 9.90. The van der Waals surface area contributed by atoms with Crippen molar-refractivity contribution in [3.05, 3.63) is 29.3 Å². The van der Waals surface area contributed by atoms with Crippen molar-refractivity contribution >= 4 is 11.8 Å². The molecule has 0 radical (unpaired) electrons. The van der Waals surface area contributed by atoms with Crippen LogP contribution in [0.1, 0.15) is 42.1 Å². The maximum absolute atomic E-state index is 12.0. The van der Waals surface area contributed by atoms with Gasteiger partial charge in [-0.15, -0.1) is 0 Å². The van der Waals surface area contributed by atoms with E-state index in [0.29, 0.717) is 24.3 Å². The second kappa shape index (κ2) is 5.37. The Morgan fingerprint density at radius 2 is 2.20 bits per heavy atom. The summed E-state index contributed by atoms with van der Waals surface area (Å²) in [4.78, 5) is 23.9. The molecular weight excluding hydrogens is 256 g/mol. The van der Waals surface area contributed by atoms with Crippen molar-refractivity contribution in [1.29, 1.82) is 0 Å². The van der Waals surface area contributed by atoms with Gasteiger partial charge in [0.1, 0.15) is 5.75 Å². The lowest BCUT2D eigenvalue weighted by Crippen LogP contribution is -2.17. The molecular formula is C16H18O4. The number of fused-ring (bicyclic) bond motifs is 1. The Morgan fingerprint density at radius 1 is 1.35 bits per heavy atom. The predicted molar refractivity (Wildman–Crippen MR) is 72.9 cm³/mol. The average Bonchev–Trinajstić information content (AvgIpc) is 3.20. The molecule has 2 aliphatic carbocycles. The highest BCUT2D eigenvalue weighted by atomic mass is 16.5. The average molecular weight is 274 g/mol. The summed E-state index contributed by atoms with van der Waals surface area (Å²) in [7, 11) is 0. The second-order valence-electron chi connectivity index (χ2n) is 5.32. The van der Waals surface area contributed by atoms with E-state index in [1.54, 1.807) is 12.1 Å². The highest BCUT2D eigenvalue weighted by Gasteiger charge is 2.45. The maximum Gasteiger partial charge on any atom is 0.317 e. The van der Waals surface area contributed by atoms with E-state index in [0.717, 1.165) is 24.8 Å². The molecule has 0 spiro atoms. The number of ether oxygens (including phenoxy) is 2. The van der Waals surface area contributed by atoms with Crippen molar-refractivity contribution in [3.8, 4) is 5.75 Å². The summed E-state index contributed by atoms with van der Waals surface area (Å²) in [5.74, 6) is 0.297. The van der Waals surface area contributed by atoms with Crippen LogP contribution in [0.5, 0.6) is 5.75 Å². The molecule has 2 aliphatic rings. The number of carbonyl (C=O) groups excluding carboxylic acids is 2. The zero-order valence-corrected chi connectivity index (χ0v) is 11.6. The minimum absolute atomic E-state index is 0.00803. The third-order valence-corrected chi connectivity index (χ3v) is 3.89. The second-order valence-corrected chi connectivity index (χ2v) is 5.32. The van der Waals surface area contributed by atoms with Crippen molar-refractivity contribution in [2.24, 2.45) is 5.92 Å². The van der Waals surface area contributed by atoms with Crippen LogP contribution in [0.4, 0.5) is 0 Å². The molecule has 0 N–H and O–H groups in total. The molecule has 3 rings (SSSR count). The van der Waals surface area contributed by atoms with Crippen LogP contribution in [0.2, 0.25) is 0 Å². The van der Waals surface area contributed by atoms with E-state index in [1.807, 2.05) is 13.0 Å². The molecule has 1 saturated carbocycles. The Bertz CT molecular complexity index is 549. The van der Waals surface area contributed by atoms with Crippen LogP contribution in [0.3, 0.4) is 0 Å². The third-order valence-electron chi connectivity index (χ3n) is 3.89. The van der Waals surface area contributed by atoms with Crippen LogP contribution < -0.4 is 4.74 Å². The molecule has 0 heterocycles. The Kier molecular flexibility index (Phi) is 3.57. The van der Waals surface area contributed by atoms with Gasteiger partial charge in [-0.2, -0.15) is 0 Å². The Balaban J connectivity index is 1.74. The zero-order valence-electron chi connectivity index (χ0n) is 11.6. The van der Waals surface area contributed by atoms with Crippen LogP contribution in [0.15, 0.2) is 18.2 Å². The summed E-state index contributed by atoms with van der Waals surface area (Å²) in [6.07, 6.45) is 2.95. The minimum atomic E-state index is -0.241. The highest BCUT2D eigenvalue weighted by molar-refractivity contribution is 5.99. The van der Waals surface area contributed by atoms with Gasteiger partial charge in [-0.1, -0.05) is 12.1 Å². The van der Waals surface area contributed by atoms with Gasteiger partial charge in [0.05, 0.1) is 12.0 Å². The first-order valence-electron chi connectivity index (χ1n) is 7.19. The number of ketones is 1. The van der Waals surface area contributed by atoms with Gasteiger partial charge >= 0.3 is 5.97 Å². The van der Waals surface area contributed by atoms with E-state index < -0.39 is 0 Å². The zero-order chi connectivity index (χ0) is 14.1. The van der Waals surface area contributed by atoms with E-state index in [9.17, 15) is 9.59 Å². The summed E-state index contributed by atoms with van der Waals surface area (Å²) in [6, 6.07) is 5.36. The molecule has 0 bridgehead atoms. The van der Waals surface area contributed by atoms with Gasteiger partial charge in [0.15, 0.2) is 5.78 Å². The standard InChI is InChI=1S/C16H18O4/c1-2-19-15-9-12(15)16(18)20-14-8-4-5-10-11(14)6-3-7-13(10)17/h4-5,8,12,15H,2-3,6-7,9H2,1H3/t12-,15-/m0/s1. The fraction of sp³-hybridized carbons (Fsp3) is 0.500. The van der Waals surface area contributed by atoms with Crippen LogP contribution in [0.25, 0.3) is 0 Å². The van der Waals surface area contributed by atoms with Gasteiger partial charge in [-0.3, -0.25) is 9.59 Å². The molecule has 0 aliphatic heterocycles. The van der Waals surface area contributed by atoms with Crippen molar-refractivity contribution in [3.63, 3.8) is 0 Å². The van der Waals surface area contributed by atoms with Crippen LogP contribution in [-0.4, -0.2) is 24.5 Å². The van der Waals surface area contributed by atoms with E-state index in [1.165, 1.54) is 0 Å². The minimum Gasteiger partial charge on any atom is -0.426 e. The van der Waals surface area contributed by atoms with Gasteiger partial charge in [0.2, 0.25) is 0 Å². The first kappa shape index (κ1) is 13.3. The topological polar surface area (TPSA) is 52.6 Å². The molecule has 1 aromatic rings. The number of hydrogen-bond donors (Lipinski definition) is 0. The number of esters is 1. The number of hydrogen-bond acceptors (Lipinski definition) is 4. The molecule has 0 saturated heterocycles. The summed E-state index contributed by atoms with van der Waals surface area (Å²) < 4.78 is 10.9. The first-order valence-corrected chi connectivity index (χ1v) is 7.19. The molecule has 106 valence electrons. The van der Waals surface area contributed by atoms with Crippen LogP contribution in [-0.2, 0) is 16.0 Å². The van der Waals surface area contributed by atoms with E-state index in [-0.39, 0.29) is 23.8 Å². The maximum atomic E-state index is 12.0. The molecule has 1 fully saturated rings. The third kappa shape index (κ3) is 2.48. The quantitative estimate of drug-likeness (QED) is 0.625. The van der Waals surface area contributed by atoms with Crippen molar-refractivity contribution < 1.29 is 19.1 Å². The number of rotatable bonds is 4. The summed E-state index contributed by atoms with van der Waals surface area (Å²) >= 11 is 0. The molecule has 0 aromatic heterocycles. The van der Waals surface area contributed by atoms with Gasteiger partial charge < -0.3 is 9.47 Å². The fourth-order valence-corrected chi connectivity index (χ4v) is 2.74. The van der Waals surface area contributed by atoms with E-state index >= 15 is 0 Å². The summed E-state index contributed by atoms with van der Waals surface area (Å²) in [5, 5.41) is 0. The van der Waals surface area contributed by atoms with E-state index in [2.05, 4.69) is 0 Å². The molecule has 4 nitrogen and oxygen atoms in total. The van der Waals surface area contributed by atoms with Crippen molar-refractivity contribution in [2.45, 2.75) is 38.7 Å². The molecule has 0 unspecified atom stereocenters. The summed E-state index contributed by atoms with van der Waals surface area (Å²) in [5.41, 5.74) is 1.59. The predicted octanol–water partition coefficient (Wildman–Crippen LogP) is 2.54. The molecule has 0 amide bonds. The Morgan fingerprint density at radius 3 is 3.00 bits per heavy atom. The van der Waals surface area contributed by atoms with Gasteiger partial charge in [0.25, 0.3) is 0 Å². The van der Waals surface area contributed by atoms with E-state index in [4.69, 9.17) is 9.47 Å². The van der Waals surface area contributed by atoms with Crippen LogP contribution >= 0.6 is 0 Å². The monoisotopic (exact) mass is 274 g/mol. The van der Waals surface area contributed by atoms with Gasteiger partial charge in [0, 0.05) is 24.2 Å². The lowest BCUT2D eigenvalue weighted by Gasteiger charge is -2.17. The van der Waals surface area contributed by atoms with Crippen molar-refractivity contribution in [2.75, 3.05) is 6.61 Å². The Hall–Kier alpha value is -1.68. The normalized spacial score (nSPS) is 24.1. The smallest absolute Gasteiger partial charge is 0.317 e. The lowest BCUT2D eigenvalue weighted by molar-refractivity contribution is -0.136. The van der Waals surface area contributed by atoms with Gasteiger partial charge in [-0.05, 0) is 32.3 Å².